The number of hydrogen-bond donors (Lipinski definition) is 0. The molecule has 0 aliphatic carbocycles. The minimum Gasteiger partial charge on any atom is -0.473 e. The van der Waals surface area contributed by atoms with Gasteiger partial charge in [0.05, 0.1) is 0 Å². The van der Waals surface area contributed by atoms with E-state index in [1.54, 1.807) is 19.3 Å². The maximum atomic E-state index is 5.54. The van der Waals surface area contributed by atoms with E-state index < -0.39 is 0 Å². The van der Waals surface area contributed by atoms with Gasteiger partial charge in [-0.05, 0) is 13.0 Å². The lowest BCUT2D eigenvalue weighted by Gasteiger charge is -2.05. The Labute approximate surface area is 96.2 Å². The highest BCUT2D eigenvalue weighted by atomic mass is 16.5. The van der Waals surface area contributed by atoms with Crippen molar-refractivity contribution < 1.29 is 4.74 Å². The van der Waals surface area contributed by atoms with Crippen LogP contribution in [0.1, 0.15) is 5.69 Å². The van der Waals surface area contributed by atoms with Crippen LogP contribution in [0.5, 0.6) is 5.88 Å². The highest BCUT2D eigenvalue weighted by Crippen LogP contribution is 2.07. The van der Waals surface area contributed by atoms with Crippen molar-refractivity contribution in [3.8, 4) is 5.88 Å². The maximum Gasteiger partial charge on any atom is 0.213 e. The Morgan fingerprint density at radius 2 is 2.38 bits per heavy atom. The summed E-state index contributed by atoms with van der Waals surface area (Å²) in [7, 11) is 1.72. The second-order valence-corrected chi connectivity index (χ2v) is 3.27. The second kappa shape index (κ2) is 6.56. The summed E-state index contributed by atoms with van der Waals surface area (Å²) in [6.45, 7) is 6.02. The zero-order valence-electron chi connectivity index (χ0n) is 9.68. The van der Waals surface area contributed by atoms with Crippen LogP contribution in [-0.2, 0) is 0 Å². The number of rotatable bonds is 5. The van der Waals surface area contributed by atoms with E-state index in [9.17, 15) is 0 Å². The number of aliphatic imine (C=N–C) groups is 1. The van der Waals surface area contributed by atoms with Crippen molar-refractivity contribution in [3.05, 3.63) is 48.2 Å². The quantitative estimate of drug-likeness (QED) is 0.560. The number of hydrogen-bond acceptors (Lipinski definition) is 3. The molecule has 1 aromatic rings. The highest BCUT2D eigenvalue weighted by molar-refractivity contribution is 5.79. The van der Waals surface area contributed by atoms with Crippen molar-refractivity contribution in [2.75, 3.05) is 13.7 Å². The van der Waals surface area contributed by atoms with E-state index in [1.807, 2.05) is 31.2 Å². The summed E-state index contributed by atoms with van der Waals surface area (Å²) < 4.78 is 5.54. The zero-order chi connectivity index (χ0) is 11.8. The molecule has 3 nitrogen and oxygen atoms in total. The molecular formula is C13H16N2O. The van der Waals surface area contributed by atoms with Gasteiger partial charge in [-0.3, -0.25) is 4.99 Å². The third-order valence-electron chi connectivity index (χ3n) is 1.88. The fourth-order valence-corrected chi connectivity index (χ4v) is 1.20. The monoisotopic (exact) mass is 216 g/mol. The largest absolute Gasteiger partial charge is 0.473 e. The van der Waals surface area contributed by atoms with Gasteiger partial charge in [-0.1, -0.05) is 24.8 Å². The maximum absolute atomic E-state index is 5.54. The Balaban J connectivity index is 2.62. The lowest BCUT2D eigenvalue weighted by Crippen LogP contribution is -2.03. The molecule has 0 amide bonds. The smallest absolute Gasteiger partial charge is 0.213 e. The van der Waals surface area contributed by atoms with Crippen LogP contribution in [0.25, 0.3) is 0 Å². The molecule has 0 bridgehead atoms. The number of pyridine rings is 1. The molecule has 0 aliphatic rings. The molecule has 0 unspecified atom stereocenters. The van der Waals surface area contributed by atoms with Crippen molar-refractivity contribution in [1.82, 2.24) is 4.98 Å². The van der Waals surface area contributed by atoms with Gasteiger partial charge in [-0.2, -0.15) is 0 Å². The second-order valence-electron chi connectivity index (χ2n) is 3.27. The first-order valence-electron chi connectivity index (χ1n) is 5.06. The number of nitrogens with zero attached hydrogens (tertiary/aromatic N) is 2. The summed E-state index contributed by atoms with van der Waals surface area (Å²) in [5.41, 5.74) is 1.90. The summed E-state index contributed by atoms with van der Waals surface area (Å²) in [6.07, 6.45) is 5.32. The molecule has 0 spiro atoms. The fraction of sp³-hybridized carbons (Fsp3) is 0.231. The third kappa shape index (κ3) is 4.09. The Kier molecular flexibility index (Phi) is 4.99. The van der Waals surface area contributed by atoms with Gasteiger partial charge in [-0.25, -0.2) is 4.98 Å². The van der Waals surface area contributed by atoms with Crippen LogP contribution in [0, 0.1) is 6.92 Å². The topological polar surface area (TPSA) is 34.5 Å². The number of ether oxygens (including phenoxy) is 1. The summed E-state index contributed by atoms with van der Waals surface area (Å²) in [4.78, 5) is 8.19. The van der Waals surface area contributed by atoms with Gasteiger partial charge < -0.3 is 4.74 Å². The SMILES string of the molecule is C=C/C=C(\C=NC)COc1cccc(C)n1. The average molecular weight is 216 g/mol. The van der Waals surface area contributed by atoms with Gasteiger partial charge in [0.15, 0.2) is 0 Å². The fourth-order valence-electron chi connectivity index (χ4n) is 1.20. The Morgan fingerprint density at radius 3 is 3.00 bits per heavy atom. The molecule has 0 aliphatic heterocycles. The van der Waals surface area contributed by atoms with Crippen molar-refractivity contribution in [2.45, 2.75) is 6.92 Å². The van der Waals surface area contributed by atoms with E-state index in [0.717, 1.165) is 11.3 Å². The molecule has 0 atom stereocenters. The van der Waals surface area contributed by atoms with Crippen LogP contribution in [0.3, 0.4) is 0 Å². The minimum atomic E-state index is 0.444. The highest BCUT2D eigenvalue weighted by Gasteiger charge is 1.97. The Hall–Kier alpha value is -1.90. The van der Waals surface area contributed by atoms with E-state index in [1.165, 1.54) is 0 Å². The van der Waals surface area contributed by atoms with E-state index in [4.69, 9.17) is 4.74 Å². The van der Waals surface area contributed by atoms with Crippen LogP contribution >= 0.6 is 0 Å². The summed E-state index contributed by atoms with van der Waals surface area (Å²) >= 11 is 0. The van der Waals surface area contributed by atoms with Crippen LogP contribution in [0.15, 0.2) is 47.5 Å². The molecule has 0 N–H and O–H groups in total. The van der Waals surface area contributed by atoms with Gasteiger partial charge in [0.2, 0.25) is 5.88 Å². The van der Waals surface area contributed by atoms with Crippen molar-refractivity contribution in [3.63, 3.8) is 0 Å². The molecule has 84 valence electrons. The molecule has 16 heavy (non-hydrogen) atoms. The van der Waals surface area contributed by atoms with Gasteiger partial charge in [0, 0.05) is 30.6 Å². The molecule has 0 fully saturated rings. The molecular weight excluding hydrogens is 200 g/mol. The first-order chi connectivity index (χ1) is 7.76. The molecule has 0 saturated heterocycles. The molecule has 0 radical (unpaired) electrons. The number of allylic oxidation sites excluding steroid dienone is 2. The van der Waals surface area contributed by atoms with Crippen LogP contribution < -0.4 is 4.74 Å². The summed E-state index contributed by atoms with van der Waals surface area (Å²) in [5, 5.41) is 0. The summed E-state index contributed by atoms with van der Waals surface area (Å²) in [5.74, 6) is 0.625. The molecule has 1 heterocycles. The van der Waals surface area contributed by atoms with Crippen LogP contribution in [0.4, 0.5) is 0 Å². The number of aromatic nitrogens is 1. The minimum absolute atomic E-state index is 0.444. The van der Waals surface area contributed by atoms with Crippen molar-refractivity contribution in [1.29, 1.82) is 0 Å². The Bertz CT molecular complexity index is 408. The molecule has 0 saturated carbocycles. The molecule has 3 heteroatoms. The molecule has 0 aromatic carbocycles. The molecule has 1 rings (SSSR count). The Morgan fingerprint density at radius 1 is 1.56 bits per heavy atom. The first-order valence-corrected chi connectivity index (χ1v) is 5.06. The van der Waals surface area contributed by atoms with E-state index in [2.05, 4.69) is 16.6 Å². The third-order valence-corrected chi connectivity index (χ3v) is 1.88. The van der Waals surface area contributed by atoms with Gasteiger partial charge in [0.1, 0.15) is 6.61 Å². The zero-order valence-corrected chi connectivity index (χ0v) is 9.68. The predicted octanol–water partition coefficient (Wildman–Crippen LogP) is 2.58. The van der Waals surface area contributed by atoms with Crippen molar-refractivity contribution in [2.24, 2.45) is 4.99 Å². The van der Waals surface area contributed by atoms with Crippen LogP contribution in [-0.4, -0.2) is 24.9 Å². The van der Waals surface area contributed by atoms with E-state index in [-0.39, 0.29) is 0 Å². The lowest BCUT2D eigenvalue weighted by molar-refractivity contribution is 0.343. The predicted molar refractivity (Wildman–Crippen MR) is 67.2 cm³/mol. The number of aryl methyl sites for hydroxylation is 1. The van der Waals surface area contributed by atoms with E-state index in [0.29, 0.717) is 12.5 Å². The van der Waals surface area contributed by atoms with Crippen molar-refractivity contribution >= 4 is 6.21 Å². The van der Waals surface area contributed by atoms with Gasteiger partial charge in [-0.15, -0.1) is 0 Å². The lowest BCUT2D eigenvalue weighted by atomic mass is 10.3. The molecule has 1 aromatic heterocycles. The summed E-state index contributed by atoms with van der Waals surface area (Å²) in [6, 6.07) is 5.69. The van der Waals surface area contributed by atoms with E-state index >= 15 is 0 Å². The first kappa shape index (κ1) is 12.2. The van der Waals surface area contributed by atoms with Gasteiger partial charge >= 0.3 is 0 Å². The standard InChI is InChI=1S/C13H16N2O/c1-4-6-12(9-14-3)10-16-13-8-5-7-11(2)15-13/h4-9H,1,10H2,2-3H3/b12-6+,14-9?. The van der Waals surface area contributed by atoms with Crippen LogP contribution in [0.2, 0.25) is 0 Å². The normalized spacial score (nSPS) is 11.8. The average Bonchev–Trinajstić information content (AvgIpc) is 2.27. The van der Waals surface area contributed by atoms with Gasteiger partial charge in [0.25, 0.3) is 0 Å².